The van der Waals surface area contributed by atoms with Crippen LogP contribution in [0.15, 0.2) is 48.8 Å². The van der Waals surface area contributed by atoms with Crippen LogP contribution in [0.2, 0.25) is 0 Å². The Kier molecular flexibility index (Phi) is 3.97. The van der Waals surface area contributed by atoms with Gasteiger partial charge in [0.1, 0.15) is 11.6 Å². The Morgan fingerprint density at radius 1 is 1.20 bits per heavy atom. The fourth-order valence-electron chi connectivity index (χ4n) is 2.71. The van der Waals surface area contributed by atoms with Crippen LogP contribution in [0.25, 0.3) is 20.8 Å². The molecule has 0 aliphatic rings. The van der Waals surface area contributed by atoms with Crippen molar-refractivity contribution in [2.45, 2.75) is 20.4 Å². The molecule has 0 atom stereocenters. The molecule has 0 radical (unpaired) electrons. The van der Waals surface area contributed by atoms with Gasteiger partial charge in [0.15, 0.2) is 11.6 Å². The van der Waals surface area contributed by atoms with Gasteiger partial charge in [0, 0.05) is 25.0 Å². The Hall–Kier alpha value is -2.73. The standard InChI is InChI=1S/C19H16FN3OS/c1-3-23-11-15(22-12(23)2)18-10-14-19(25-18)17(8-9-21-14)24-16-7-5-4-6-13(16)20/h4-11H,3H2,1-2H3. The van der Waals surface area contributed by atoms with Gasteiger partial charge in [0.05, 0.1) is 20.8 Å². The SMILES string of the molecule is CCn1cc(-c2cc3nccc(Oc4ccccc4F)c3s2)nc1C. The zero-order valence-electron chi connectivity index (χ0n) is 13.9. The van der Waals surface area contributed by atoms with E-state index in [1.165, 1.54) is 6.07 Å². The summed E-state index contributed by atoms with van der Waals surface area (Å²) in [6, 6.07) is 10.1. The average molecular weight is 353 g/mol. The van der Waals surface area contributed by atoms with Crippen molar-refractivity contribution in [3.63, 3.8) is 0 Å². The molecule has 4 aromatic rings. The minimum absolute atomic E-state index is 0.205. The molecule has 0 aliphatic carbocycles. The molecule has 0 saturated heterocycles. The Morgan fingerprint density at radius 2 is 2.04 bits per heavy atom. The highest BCUT2D eigenvalue weighted by Gasteiger charge is 2.14. The van der Waals surface area contributed by atoms with E-state index in [0.29, 0.717) is 5.75 Å². The van der Waals surface area contributed by atoms with Crippen molar-refractivity contribution in [3.8, 4) is 22.1 Å². The average Bonchev–Trinajstić information content (AvgIpc) is 3.20. The predicted octanol–water partition coefficient (Wildman–Crippen LogP) is 5.42. The topological polar surface area (TPSA) is 39.9 Å². The number of rotatable bonds is 4. The van der Waals surface area contributed by atoms with Gasteiger partial charge < -0.3 is 9.30 Å². The summed E-state index contributed by atoms with van der Waals surface area (Å²) in [6.45, 7) is 4.96. The number of imidazole rings is 1. The number of aryl methyl sites for hydroxylation is 2. The van der Waals surface area contributed by atoms with Crippen molar-refractivity contribution in [2.24, 2.45) is 0 Å². The molecule has 0 fully saturated rings. The van der Waals surface area contributed by atoms with Gasteiger partial charge in [-0.1, -0.05) is 12.1 Å². The van der Waals surface area contributed by atoms with Gasteiger partial charge in [-0.3, -0.25) is 4.98 Å². The lowest BCUT2D eigenvalue weighted by Crippen LogP contribution is -1.93. The maximum absolute atomic E-state index is 13.9. The van der Waals surface area contributed by atoms with E-state index >= 15 is 0 Å². The van der Waals surface area contributed by atoms with Crippen molar-refractivity contribution >= 4 is 21.6 Å². The van der Waals surface area contributed by atoms with Gasteiger partial charge in [0.2, 0.25) is 0 Å². The number of pyridine rings is 1. The van der Waals surface area contributed by atoms with E-state index in [4.69, 9.17) is 4.74 Å². The van der Waals surface area contributed by atoms with Crippen LogP contribution in [0, 0.1) is 12.7 Å². The summed E-state index contributed by atoms with van der Waals surface area (Å²) in [7, 11) is 0. The van der Waals surface area contributed by atoms with Gasteiger partial charge in [-0.2, -0.15) is 0 Å². The summed E-state index contributed by atoms with van der Waals surface area (Å²) in [5.74, 6) is 1.39. The number of hydrogen-bond donors (Lipinski definition) is 0. The van der Waals surface area contributed by atoms with Gasteiger partial charge >= 0.3 is 0 Å². The monoisotopic (exact) mass is 353 g/mol. The normalized spacial score (nSPS) is 11.2. The molecular formula is C19H16FN3OS. The lowest BCUT2D eigenvalue weighted by atomic mass is 10.3. The lowest BCUT2D eigenvalue weighted by Gasteiger charge is -2.06. The van der Waals surface area contributed by atoms with Crippen molar-refractivity contribution in [1.82, 2.24) is 14.5 Å². The largest absolute Gasteiger partial charge is 0.453 e. The van der Waals surface area contributed by atoms with Crippen molar-refractivity contribution in [1.29, 1.82) is 0 Å². The molecule has 3 aromatic heterocycles. The molecule has 6 heteroatoms. The molecule has 126 valence electrons. The first-order chi connectivity index (χ1) is 12.2. The quantitative estimate of drug-likeness (QED) is 0.492. The molecule has 0 saturated carbocycles. The molecule has 0 amide bonds. The summed E-state index contributed by atoms with van der Waals surface area (Å²) in [5, 5.41) is 0. The molecular weight excluding hydrogens is 337 g/mol. The Labute approximate surface area is 148 Å². The van der Waals surface area contributed by atoms with E-state index in [1.807, 2.05) is 19.2 Å². The highest BCUT2D eigenvalue weighted by Crippen LogP contribution is 2.39. The number of fused-ring (bicyclic) bond motifs is 1. The second-order valence-corrected chi connectivity index (χ2v) is 6.68. The van der Waals surface area contributed by atoms with Crippen LogP contribution in [-0.2, 0) is 6.54 Å². The number of ether oxygens (including phenoxy) is 1. The van der Waals surface area contributed by atoms with Crippen LogP contribution < -0.4 is 4.74 Å². The Bertz CT molecular complexity index is 1050. The van der Waals surface area contributed by atoms with E-state index in [2.05, 4.69) is 21.5 Å². The maximum atomic E-state index is 13.9. The van der Waals surface area contributed by atoms with E-state index in [9.17, 15) is 4.39 Å². The third kappa shape index (κ3) is 2.89. The van der Waals surface area contributed by atoms with Gasteiger partial charge in [-0.25, -0.2) is 9.37 Å². The van der Waals surface area contributed by atoms with E-state index in [1.54, 1.807) is 41.8 Å². The highest BCUT2D eigenvalue weighted by molar-refractivity contribution is 7.22. The molecule has 4 rings (SSSR count). The third-order valence-electron chi connectivity index (χ3n) is 4.00. The first kappa shape index (κ1) is 15.8. The zero-order chi connectivity index (χ0) is 17.4. The lowest BCUT2D eigenvalue weighted by molar-refractivity contribution is 0.447. The molecule has 0 N–H and O–H groups in total. The number of halogens is 1. The van der Waals surface area contributed by atoms with Crippen LogP contribution in [0.4, 0.5) is 4.39 Å². The molecule has 4 nitrogen and oxygen atoms in total. The minimum Gasteiger partial charge on any atom is -0.453 e. The van der Waals surface area contributed by atoms with Gasteiger partial charge in [-0.05, 0) is 32.0 Å². The van der Waals surface area contributed by atoms with E-state index < -0.39 is 0 Å². The summed E-state index contributed by atoms with van der Waals surface area (Å²) in [4.78, 5) is 10.0. The van der Waals surface area contributed by atoms with Crippen LogP contribution in [0.3, 0.4) is 0 Å². The number of thiophene rings is 1. The molecule has 0 spiro atoms. The third-order valence-corrected chi connectivity index (χ3v) is 5.16. The first-order valence-corrected chi connectivity index (χ1v) is 8.82. The number of benzene rings is 1. The highest BCUT2D eigenvalue weighted by atomic mass is 32.1. The summed E-state index contributed by atoms with van der Waals surface area (Å²) in [5.41, 5.74) is 1.73. The molecule has 0 bridgehead atoms. The summed E-state index contributed by atoms with van der Waals surface area (Å²) < 4.78 is 22.7. The Morgan fingerprint density at radius 3 is 2.80 bits per heavy atom. The first-order valence-electron chi connectivity index (χ1n) is 8.01. The van der Waals surface area contributed by atoms with Crippen LogP contribution >= 0.6 is 11.3 Å². The fraction of sp³-hybridized carbons (Fsp3) is 0.158. The zero-order valence-corrected chi connectivity index (χ0v) is 14.7. The predicted molar refractivity (Wildman–Crippen MR) is 97.7 cm³/mol. The number of para-hydroxylation sites is 1. The molecule has 3 heterocycles. The van der Waals surface area contributed by atoms with Gasteiger partial charge in [-0.15, -0.1) is 11.3 Å². The second-order valence-electron chi connectivity index (χ2n) is 5.63. The molecule has 1 aromatic carbocycles. The van der Waals surface area contributed by atoms with Crippen LogP contribution in [0.1, 0.15) is 12.7 Å². The van der Waals surface area contributed by atoms with Crippen molar-refractivity contribution < 1.29 is 9.13 Å². The van der Waals surface area contributed by atoms with Crippen LogP contribution in [0.5, 0.6) is 11.5 Å². The molecule has 25 heavy (non-hydrogen) atoms. The fourth-order valence-corrected chi connectivity index (χ4v) is 3.73. The number of nitrogens with zero attached hydrogens (tertiary/aromatic N) is 3. The Balaban J connectivity index is 1.77. The van der Waals surface area contributed by atoms with Crippen molar-refractivity contribution in [3.05, 3.63) is 60.4 Å². The minimum atomic E-state index is -0.387. The molecule has 0 unspecified atom stereocenters. The summed E-state index contributed by atoms with van der Waals surface area (Å²) in [6.07, 6.45) is 3.71. The second kappa shape index (κ2) is 6.29. The van der Waals surface area contributed by atoms with E-state index in [0.717, 1.165) is 33.2 Å². The maximum Gasteiger partial charge on any atom is 0.165 e. The van der Waals surface area contributed by atoms with Gasteiger partial charge in [0.25, 0.3) is 0 Å². The number of aromatic nitrogens is 3. The van der Waals surface area contributed by atoms with Crippen LogP contribution in [-0.4, -0.2) is 14.5 Å². The van der Waals surface area contributed by atoms with E-state index in [-0.39, 0.29) is 11.6 Å². The molecule has 0 aliphatic heterocycles. The van der Waals surface area contributed by atoms with Crippen molar-refractivity contribution in [2.75, 3.05) is 0 Å². The number of hydrogen-bond acceptors (Lipinski definition) is 4. The summed E-state index contributed by atoms with van der Waals surface area (Å²) >= 11 is 1.55. The smallest absolute Gasteiger partial charge is 0.165 e.